The zero-order valence-corrected chi connectivity index (χ0v) is 13.3. The lowest BCUT2D eigenvalue weighted by atomic mass is 9.97. The molecule has 0 aliphatic carbocycles. The number of benzene rings is 1. The summed E-state index contributed by atoms with van der Waals surface area (Å²) in [6.07, 6.45) is 5.02. The van der Waals surface area contributed by atoms with Gasteiger partial charge in [-0.25, -0.2) is 0 Å². The molecule has 0 unspecified atom stereocenters. The van der Waals surface area contributed by atoms with E-state index in [-0.39, 0.29) is 0 Å². The van der Waals surface area contributed by atoms with Gasteiger partial charge >= 0.3 is 0 Å². The lowest BCUT2D eigenvalue weighted by molar-refractivity contribution is 0.0375. The molecule has 1 saturated heterocycles. The van der Waals surface area contributed by atoms with Crippen LogP contribution in [-0.4, -0.2) is 50.8 Å². The second-order valence-electron chi connectivity index (χ2n) is 6.20. The Kier molecular flexibility index (Phi) is 5.15. The molecular formula is C18H28N2O. The molecule has 2 aliphatic heterocycles. The van der Waals surface area contributed by atoms with Crippen molar-refractivity contribution in [2.24, 2.45) is 0 Å². The molecule has 1 fully saturated rings. The van der Waals surface area contributed by atoms with Gasteiger partial charge in [0.2, 0.25) is 0 Å². The Bertz CT molecular complexity index is 455. The third-order valence-electron chi connectivity index (χ3n) is 4.78. The van der Waals surface area contributed by atoms with Crippen molar-refractivity contribution in [1.29, 1.82) is 0 Å². The molecule has 0 amide bonds. The van der Waals surface area contributed by atoms with Crippen molar-refractivity contribution in [2.45, 2.75) is 32.6 Å². The summed E-state index contributed by atoms with van der Waals surface area (Å²) in [6.45, 7) is 9.85. The van der Waals surface area contributed by atoms with Gasteiger partial charge in [0, 0.05) is 31.9 Å². The number of hydrogen-bond donors (Lipinski definition) is 0. The van der Waals surface area contributed by atoms with Gasteiger partial charge in [-0.05, 0) is 56.3 Å². The van der Waals surface area contributed by atoms with Crippen LogP contribution in [0.4, 0.5) is 5.69 Å². The Hall–Kier alpha value is -1.06. The van der Waals surface area contributed by atoms with E-state index in [2.05, 4.69) is 34.9 Å². The van der Waals surface area contributed by atoms with Crippen LogP contribution in [0.25, 0.3) is 0 Å². The van der Waals surface area contributed by atoms with Gasteiger partial charge in [-0.2, -0.15) is 0 Å². The second kappa shape index (κ2) is 7.28. The third kappa shape index (κ3) is 3.78. The van der Waals surface area contributed by atoms with E-state index in [0.717, 1.165) is 32.8 Å². The molecule has 2 heterocycles. The van der Waals surface area contributed by atoms with Crippen LogP contribution < -0.4 is 4.90 Å². The van der Waals surface area contributed by atoms with Crippen molar-refractivity contribution in [3.8, 4) is 0 Å². The highest BCUT2D eigenvalue weighted by atomic mass is 16.5. The molecule has 1 aromatic carbocycles. The molecule has 3 nitrogen and oxygen atoms in total. The molecule has 0 N–H and O–H groups in total. The molecule has 0 atom stereocenters. The van der Waals surface area contributed by atoms with Crippen LogP contribution in [0, 0.1) is 0 Å². The maximum Gasteiger partial charge on any atom is 0.0594 e. The standard InChI is InChI=1S/C18H28N2O/c1-2-20-10-4-6-17-15-16(7-8-18(17)20)5-3-9-19-11-13-21-14-12-19/h7-8,15H,2-6,9-14H2,1H3. The minimum atomic E-state index is 0.908. The minimum absolute atomic E-state index is 0.908. The number of morpholine rings is 1. The fraction of sp³-hybridized carbons (Fsp3) is 0.667. The minimum Gasteiger partial charge on any atom is -0.379 e. The van der Waals surface area contributed by atoms with Gasteiger partial charge in [-0.15, -0.1) is 0 Å². The number of fused-ring (bicyclic) bond motifs is 1. The van der Waals surface area contributed by atoms with Gasteiger partial charge in [0.25, 0.3) is 0 Å². The van der Waals surface area contributed by atoms with E-state index in [1.807, 2.05) is 0 Å². The lowest BCUT2D eigenvalue weighted by Crippen LogP contribution is -2.36. The zero-order valence-electron chi connectivity index (χ0n) is 13.3. The first-order valence-corrected chi connectivity index (χ1v) is 8.53. The van der Waals surface area contributed by atoms with Crippen LogP contribution in [0.5, 0.6) is 0 Å². The highest BCUT2D eigenvalue weighted by molar-refractivity contribution is 5.56. The molecule has 0 bridgehead atoms. The third-order valence-corrected chi connectivity index (χ3v) is 4.78. The summed E-state index contributed by atoms with van der Waals surface area (Å²) in [7, 11) is 0. The summed E-state index contributed by atoms with van der Waals surface area (Å²) in [6, 6.07) is 7.14. The number of ether oxygens (including phenoxy) is 1. The quantitative estimate of drug-likeness (QED) is 0.828. The van der Waals surface area contributed by atoms with Crippen molar-refractivity contribution >= 4 is 5.69 Å². The van der Waals surface area contributed by atoms with Gasteiger partial charge in [0.15, 0.2) is 0 Å². The van der Waals surface area contributed by atoms with E-state index in [9.17, 15) is 0 Å². The van der Waals surface area contributed by atoms with E-state index >= 15 is 0 Å². The first-order valence-electron chi connectivity index (χ1n) is 8.53. The number of aryl methyl sites for hydroxylation is 2. The van der Waals surface area contributed by atoms with Crippen LogP contribution in [0.3, 0.4) is 0 Å². The summed E-state index contributed by atoms with van der Waals surface area (Å²) in [5, 5.41) is 0. The van der Waals surface area contributed by atoms with Crippen LogP contribution >= 0.6 is 0 Å². The molecule has 0 saturated carbocycles. The summed E-state index contributed by atoms with van der Waals surface area (Å²) in [5.74, 6) is 0. The zero-order chi connectivity index (χ0) is 14.5. The Morgan fingerprint density at radius 3 is 2.81 bits per heavy atom. The van der Waals surface area contributed by atoms with Gasteiger partial charge in [0.05, 0.1) is 13.2 Å². The Labute approximate surface area is 128 Å². The number of rotatable bonds is 5. The van der Waals surface area contributed by atoms with E-state index < -0.39 is 0 Å². The summed E-state index contributed by atoms with van der Waals surface area (Å²) in [4.78, 5) is 5.04. The molecular weight excluding hydrogens is 260 g/mol. The molecule has 3 rings (SSSR count). The van der Waals surface area contributed by atoms with Crippen molar-refractivity contribution < 1.29 is 4.74 Å². The van der Waals surface area contributed by atoms with Crippen molar-refractivity contribution in [2.75, 3.05) is 50.8 Å². The molecule has 3 heteroatoms. The summed E-state index contributed by atoms with van der Waals surface area (Å²) in [5.41, 5.74) is 4.55. The average molecular weight is 288 g/mol. The molecule has 0 radical (unpaired) electrons. The van der Waals surface area contributed by atoms with Gasteiger partial charge in [-0.1, -0.05) is 12.1 Å². The van der Waals surface area contributed by atoms with Gasteiger partial charge in [-0.3, -0.25) is 4.90 Å². The topological polar surface area (TPSA) is 15.7 Å². The summed E-state index contributed by atoms with van der Waals surface area (Å²) >= 11 is 0. The Morgan fingerprint density at radius 2 is 2.00 bits per heavy atom. The maximum atomic E-state index is 5.40. The monoisotopic (exact) mass is 288 g/mol. The van der Waals surface area contributed by atoms with Crippen molar-refractivity contribution in [3.63, 3.8) is 0 Å². The van der Waals surface area contributed by atoms with E-state index in [4.69, 9.17) is 4.74 Å². The maximum absolute atomic E-state index is 5.40. The molecule has 21 heavy (non-hydrogen) atoms. The van der Waals surface area contributed by atoms with Crippen molar-refractivity contribution in [3.05, 3.63) is 29.3 Å². The highest BCUT2D eigenvalue weighted by Crippen LogP contribution is 2.28. The predicted molar refractivity (Wildman–Crippen MR) is 88.2 cm³/mol. The fourth-order valence-electron chi connectivity index (χ4n) is 3.54. The first-order chi connectivity index (χ1) is 10.4. The number of nitrogens with zero attached hydrogens (tertiary/aromatic N) is 2. The molecule has 1 aromatic rings. The van der Waals surface area contributed by atoms with Crippen LogP contribution in [0.15, 0.2) is 18.2 Å². The van der Waals surface area contributed by atoms with Gasteiger partial charge < -0.3 is 9.64 Å². The lowest BCUT2D eigenvalue weighted by Gasteiger charge is -2.30. The summed E-state index contributed by atoms with van der Waals surface area (Å²) < 4.78 is 5.40. The first kappa shape index (κ1) is 14.9. The molecule has 0 spiro atoms. The highest BCUT2D eigenvalue weighted by Gasteiger charge is 2.15. The smallest absolute Gasteiger partial charge is 0.0594 e. The van der Waals surface area contributed by atoms with E-state index in [0.29, 0.717) is 0 Å². The van der Waals surface area contributed by atoms with Gasteiger partial charge in [0.1, 0.15) is 0 Å². The molecule has 116 valence electrons. The normalized spacial score (nSPS) is 19.6. The molecule has 2 aliphatic rings. The average Bonchev–Trinajstić information content (AvgIpc) is 2.55. The van der Waals surface area contributed by atoms with Crippen LogP contribution in [0.1, 0.15) is 30.9 Å². The van der Waals surface area contributed by atoms with Crippen molar-refractivity contribution in [1.82, 2.24) is 4.90 Å². The number of anilines is 1. The van der Waals surface area contributed by atoms with Crippen LogP contribution in [-0.2, 0) is 17.6 Å². The second-order valence-corrected chi connectivity index (χ2v) is 6.20. The Balaban J connectivity index is 1.54. The Morgan fingerprint density at radius 1 is 1.14 bits per heavy atom. The predicted octanol–water partition coefficient (Wildman–Crippen LogP) is 2.72. The number of hydrogen-bond acceptors (Lipinski definition) is 3. The fourth-order valence-corrected chi connectivity index (χ4v) is 3.54. The van der Waals surface area contributed by atoms with Crippen LogP contribution in [0.2, 0.25) is 0 Å². The largest absolute Gasteiger partial charge is 0.379 e. The van der Waals surface area contributed by atoms with E-state index in [1.54, 1.807) is 5.56 Å². The SMILES string of the molecule is CCN1CCCc2cc(CCCN3CCOCC3)ccc21. The van der Waals surface area contributed by atoms with E-state index in [1.165, 1.54) is 50.0 Å². The molecule has 0 aromatic heterocycles.